The van der Waals surface area contributed by atoms with Crippen LogP contribution >= 0.6 is 11.6 Å². The molecule has 6 heteroatoms. The molecule has 1 aromatic carbocycles. The smallest absolute Gasteiger partial charge is 0.307 e. The number of nitrogens with one attached hydrogen (secondary N) is 1. The Kier molecular flexibility index (Phi) is 6.21. The molecule has 0 spiro atoms. The highest BCUT2D eigenvalue weighted by atomic mass is 35.5. The van der Waals surface area contributed by atoms with Gasteiger partial charge in [-0.15, -0.1) is 0 Å². The van der Waals surface area contributed by atoms with E-state index < -0.39 is 5.97 Å². The first-order chi connectivity index (χ1) is 10.6. The zero-order valence-corrected chi connectivity index (χ0v) is 13.2. The molecule has 1 unspecified atom stereocenters. The molecule has 1 aromatic rings. The fraction of sp³-hybridized carbons (Fsp3) is 0.500. The maximum absolute atomic E-state index is 11.9. The molecule has 1 aliphatic rings. The van der Waals surface area contributed by atoms with E-state index >= 15 is 0 Å². The minimum atomic E-state index is -0.743. The van der Waals surface area contributed by atoms with Crippen LogP contribution < -0.4 is 5.32 Å². The van der Waals surface area contributed by atoms with E-state index in [1.807, 2.05) is 18.2 Å². The first-order valence-corrected chi connectivity index (χ1v) is 7.89. The third-order valence-electron chi connectivity index (χ3n) is 3.94. The molecule has 1 fully saturated rings. The van der Waals surface area contributed by atoms with Crippen molar-refractivity contribution in [1.82, 2.24) is 10.2 Å². The third kappa shape index (κ3) is 5.00. The lowest BCUT2D eigenvalue weighted by Gasteiger charge is -2.30. The standard InChI is InChI=1S/C16H21ClN2O3/c17-14-6-2-1-4-12(14)10-18-15(20)7-9-19-8-3-5-13(11-19)16(21)22/h1-2,4,6,13H,3,5,7-11H2,(H,18,20)(H,21,22). The molecule has 120 valence electrons. The Labute approximate surface area is 135 Å². The van der Waals surface area contributed by atoms with Crippen LogP contribution in [0, 0.1) is 5.92 Å². The predicted molar refractivity (Wildman–Crippen MR) is 84.7 cm³/mol. The fourth-order valence-electron chi connectivity index (χ4n) is 2.64. The summed E-state index contributed by atoms with van der Waals surface area (Å²) in [6, 6.07) is 7.41. The van der Waals surface area contributed by atoms with E-state index in [9.17, 15) is 9.59 Å². The fourth-order valence-corrected chi connectivity index (χ4v) is 2.85. The first-order valence-electron chi connectivity index (χ1n) is 7.51. The van der Waals surface area contributed by atoms with Gasteiger partial charge < -0.3 is 15.3 Å². The van der Waals surface area contributed by atoms with Crippen LogP contribution in [0.3, 0.4) is 0 Å². The van der Waals surface area contributed by atoms with Crippen LogP contribution in [0.2, 0.25) is 5.02 Å². The van der Waals surface area contributed by atoms with E-state index in [-0.39, 0.29) is 11.8 Å². The molecule has 5 nitrogen and oxygen atoms in total. The lowest BCUT2D eigenvalue weighted by molar-refractivity contribution is -0.143. The Morgan fingerprint density at radius 1 is 1.36 bits per heavy atom. The van der Waals surface area contributed by atoms with Crippen LogP contribution in [0.15, 0.2) is 24.3 Å². The van der Waals surface area contributed by atoms with Gasteiger partial charge in [-0.1, -0.05) is 29.8 Å². The minimum absolute atomic E-state index is 0.0441. The molecule has 0 saturated carbocycles. The van der Waals surface area contributed by atoms with Crippen molar-refractivity contribution >= 4 is 23.5 Å². The van der Waals surface area contributed by atoms with Crippen LogP contribution in [-0.2, 0) is 16.1 Å². The van der Waals surface area contributed by atoms with Gasteiger partial charge in [-0.2, -0.15) is 0 Å². The summed E-state index contributed by atoms with van der Waals surface area (Å²) in [5, 5.41) is 12.5. The minimum Gasteiger partial charge on any atom is -0.481 e. The zero-order valence-electron chi connectivity index (χ0n) is 12.4. The number of carbonyl (C=O) groups is 2. The van der Waals surface area contributed by atoms with Crippen LogP contribution in [0.1, 0.15) is 24.8 Å². The van der Waals surface area contributed by atoms with Gasteiger partial charge in [0.2, 0.25) is 5.91 Å². The number of nitrogens with zero attached hydrogens (tertiary/aromatic N) is 1. The van der Waals surface area contributed by atoms with Crippen molar-refractivity contribution in [2.24, 2.45) is 5.92 Å². The van der Waals surface area contributed by atoms with Crippen LogP contribution in [-0.4, -0.2) is 41.5 Å². The molecule has 1 aliphatic heterocycles. The van der Waals surface area contributed by atoms with E-state index in [1.165, 1.54) is 0 Å². The van der Waals surface area contributed by atoms with E-state index in [4.69, 9.17) is 16.7 Å². The molecule has 1 amide bonds. The van der Waals surface area contributed by atoms with E-state index in [2.05, 4.69) is 10.2 Å². The van der Waals surface area contributed by atoms with Gasteiger partial charge in [-0.25, -0.2) is 0 Å². The molecule has 22 heavy (non-hydrogen) atoms. The summed E-state index contributed by atoms with van der Waals surface area (Å²) >= 11 is 6.04. The van der Waals surface area contributed by atoms with Crippen molar-refractivity contribution in [1.29, 1.82) is 0 Å². The van der Waals surface area contributed by atoms with Crippen molar-refractivity contribution in [2.75, 3.05) is 19.6 Å². The maximum Gasteiger partial charge on any atom is 0.307 e. The monoisotopic (exact) mass is 324 g/mol. The summed E-state index contributed by atoms with van der Waals surface area (Å²) in [6.07, 6.45) is 1.97. The topological polar surface area (TPSA) is 69.6 Å². The number of likely N-dealkylation sites (tertiary alicyclic amines) is 1. The lowest BCUT2D eigenvalue weighted by Crippen LogP contribution is -2.40. The van der Waals surface area contributed by atoms with Crippen molar-refractivity contribution < 1.29 is 14.7 Å². The Morgan fingerprint density at radius 3 is 2.86 bits per heavy atom. The summed E-state index contributed by atoms with van der Waals surface area (Å²) in [6.45, 7) is 2.41. The van der Waals surface area contributed by atoms with Gasteiger partial charge in [0.15, 0.2) is 0 Å². The van der Waals surface area contributed by atoms with Crippen LogP contribution in [0.25, 0.3) is 0 Å². The largest absolute Gasteiger partial charge is 0.481 e. The second-order valence-corrected chi connectivity index (χ2v) is 6.00. The number of aliphatic carboxylic acids is 1. The lowest BCUT2D eigenvalue weighted by atomic mass is 9.98. The molecule has 2 N–H and O–H groups in total. The first kappa shape index (κ1) is 16.8. The highest BCUT2D eigenvalue weighted by molar-refractivity contribution is 6.31. The summed E-state index contributed by atoms with van der Waals surface area (Å²) in [4.78, 5) is 25.0. The molecule has 0 aliphatic carbocycles. The van der Waals surface area contributed by atoms with Gasteiger partial charge in [0.1, 0.15) is 0 Å². The predicted octanol–water partition coefficient (Wildman–Crippen LogP) is 2.14. The molecule has 1 atom stereocenters. The number of carbonyl (C=O) groups excluding carboxylic acids is 1. The second-order valence-electron chi connectivity index (χ2n) is 5.60. The Balaban J connectivity index is 1.71. The Morgan fingerprint density at radius 2 is 2.14 bits per heavy atom. The number of benzene rings is 1. The molecule has 2 rings (SSSR count). The average molecular weight is 325 g/mol. The van der Waals surface area contributed by atoms with Crippen molar-refractivity contribution in [3.05, 3.63) is 34.9 Å². The van der Waals surface area contributed by atoms with Gasteiger partial charge in [0.05, 0.1) is 5.92 Å². The number of halogens is 1. The highest BCUT2D eigenvalue weighted by Crippen LogP contribution is 2.17. The zero-order chi connectivity index (χ0) is 15.9. The third-order valence-corrected chi connectivity index (χ3v) is 4.31. The number of hydrogen-bond acceptors (Lipinski definition) is 3. The van der Waals surface area contributed by atoms with Crippen LogP contribution in [0.5, 0.6) is 0 Å². The number of carboxylic acids is 1. The van der Waals surface area contributed by atoms with Gasteiger partial charge in [0.25, 0.3) is 0 Å². The van der Waals surface area contributed by atoms with Crippen molar-refractivity contribution in [3.8, 4) is 0 Å². The second kappa shape index (κ2) is 8.15. The summed E-state index contributed by atoms with van der Waals surface area (Å²) in [7, 11) is 0. The molecular weight excluding hydrogens is 304 g/mol. The van der Waals surface area contributed by atoms with Crippen molar-refractivity contribution in [2.45, 2.75) is 25.8 Å². The number of piperidine rings is 1. The maximum atomic E-state index is 11.9. The number of amides is 1. The van der Waals surface area contributed by atoms with E-state index in [0.717, 1.165) is 24.9 Å². The molecule has 0 radical (unpaired) electrons. The Hall–Kier alpha value is -1.59. The summed E-state index contributed by atoms with van der Waals surface area (Å²) in [5.74, 6) is -1.09. The van der Waals surface area contributed by atoms with E-state index in [1.54, 1.807) is 6.07 Å². The normalized spacial score (nSPS) is 18.9. The van der Waals surface area contributed by atoms with Crippen molar-refractivity contribution in [3.63, 3.8) is 0 Å². The molecule has 0 bridgehead atoms. The molecule has 1 heterocycles. The van der Waals surface area contributed by atoms with Gasteiger partial charge in [-0.05, 0) is 31.0 Å². The van der Waals surface area contributed by atoms with Gasteiger partial charge in [-0.3, -0.25) is 9.59 Å². The quantitative estimate of drug-likeness (QED) is 0.841. The SMILES string of the molecule is O=C(CCN1CCCC(C(=O)O)C1)NCc1ccccc1Cl. The summed E-state index contributed by atoms with van der Waals surface area (Å²) in [5.41, 5.74) is 0.890. The number of hydrogen-bond donors (Lipinski definition) is 2. The highest BCUT2D eigenvalue weighted by Gasteiger charge is 2.25. The number of carboxylic acid groups (broad SMARTS) is 1. The van der Waals surface area contributed by atoms with Gasteiger partial charge in [0, 0.05) is 31.1 Å². The molecule has 1 saturated heterocycles. The molecular formula is C16H21ClN2O3. The van der Waals surface area contributed by atoms with E-state index in [0.29, 0.717) is 31.1 Å². The number of rotatable bonds is 6. The summed E-state index contributed by atoms with van der Waals surface area (Å²) < 4.78 is 0. The van der Waals surface area contributed by atoms with Gasteiger partial charge >= 0.3 is 5.97 Å². The molecule has 0 aromatic heterocycles. The average Bonchev–Trinajstić information content (AvgIpc) is 2.52. The van der Waals surface area contributed by atoms with Crippen LogP contribution in [0.4, 0.5) is 0 Å². The Bertz CT molecular complexity index is 536.